The fourth-order valence-electron chi connectivity index (χ4n) is 2.98. The number of carbonyl (C=O) groups is 1. The van der Waals surface area contributed by atoms with Gasteiger partial charge in [0.1, 0.15) is 17.2 Å². The number of ether oxygens (including phenoxy) is 1. The van der Waals surface area contributed by atoms with Crippen LogP contribution in [-0.4, -0.2) is 27.9 Å². The lowest BCUT2D eigenvalue weighted by molar-refractivity contribution is -0.145. The number of nitrogens with zero attached hydrogens (tertiary/aromatic N) is 2. The molecule has 0 bridgehead atoms. The topological polar surface area (TPSA) is 94.2 Å². The lowest BCUT2D eigenvalue weighted by Crippen LogP contribution is -2.26. The number of aryl methyl sites for hydroxylation is 2. The van der Waals surface area contributed by atoms with E-state index in [9.17, 15) is 9.90 Å². The number of oxazole rings is 1. The third-order valence-electron chi connectivity index (χ3n) is 4.82. The van der Waals surface area contributed by atoms with E-state index in [1.165, 1.54) is 0 Å². The highest BCUT2D eigenvalue weighted by molar-refractivity contribution is 5.98. The molecule has 7 nitrogen and oxygen atoms in total. The summed E-state index contributed by atoms with van der Waals surface area (Å²) in [6, 6.07) is 15.1. The van der Waals surface area contributed by atoms with Crippen molar-refractivity contribution >= 4 is 11.7 Å². The Labute approximate surface area is 181 Å². The van der Waals surface area contributed by atoms with Crippen LogP contribution in [0, 0.1) is 13.8 Å². The van der Waals surface area contributed by atoms with Crippen molar-refractivity contribution in [2.24, 2.45) is 5.16 Å². The number of carboxylic acids is 1. The van der Waals surface area contributed by atoms with E-state index in [2.05, 4.69) is 10.1 Å². The zero-order chi connectivity index (χ0) is 22.4. The molecule has 31 heavy (non-hydrogen) atoms. The minimum atomic E-state index is -0.976. The molecule has 1 heterocycles. The number of hydrogen-bond donors (Lipinski definition) is 1. The average molecular weight is 422 g/mol. The lowest BCUT2D eigenvalue weighted by Gasteiger charge is -2.15. The molecular formula is C24H26N2O5. The third-order valence-corrected chi connectivity index (χ3v) is 4.82. The molecule has 3 aromatic rings. The summed E-state index contributed by atoms with van der Waals surface area (Å²) in [5.41, 5.74) is 3.96. The molecule has 1 unspecified atom stereocenters. The van der Waals surface area contributed by atoms with Crippen molar-refractivity contribution in [3.05, 3.63) is 71.1 Å². The van der Waals surface area contributed by atoms with E-state index < -0.39 is 12.1 Å². The van der Waals surface area contributed by atoms with Crippen molar-refractivity contribution in [1.82, 2.24) is 4.98 Å². The standard InChI is InChI=1S/C24H26N2O5/c1-5-21(24(27)28)31-22-12-11-19(13-15(22)2)16(3)26-29-14-20-17(4)30-23(25-20)18-9-7-6-8-10-18/h6-13,21H,5,14H2,1-4H3,(H,27,28). The van der Waals surface area contributed by atoms with Gasteiger partial charge in [0.05, 0.1) is 5.71 Å². The van der Waals surface area contributed by atoms with Gasteiger partial charge in [-0.25, -0.2) is 9.78 Å². The first-order valence-corrected chi connectivity index (χ1v) is 10.1. The van der Waals surface area contributed by atoms with E-state index in [0.29, 0.717) is 35.2 Å². The molecule has 162 valence electrons. The molecule has 0 aliphatic heterocycles. The lowest BCUT2D eigenvalue weighted by atomic mass is 10.1. The van der Waals surface area contributed by atoms with Crippen molar-refractivity contribution in [3.8, 4) is 17.2 Å². The van der Waals surface area contributed by atoms with Gasteiger partial charge in [0, 0.05) is 5.56 Å². The monoisotopic (exact) mass is 422 g/mol. The van der Waals surface area contributed by atoms with Crippen LogP contribution in [0.1, 0.15) is 42.8 Å². The summed E-state index contributed by atoms with van der Waals surface area (Å²) >= 11 is 0. The Morgan fingerprint density at radius 1 is 1.19 bits per heavy atom. The number of carboxylic acid groups (broad SMARTS) is 1. The fraction of sp³-hybridized carbons (Fsp3) is 0.292. The molecule has 2 aromatic carbocycles. The van der Waals surface area contributed by atoms with Crippen LogP contribution < -0.4 is 4.74 Å². The molecule has 0 aliphatic carbocycles. The van der Waals surface area contributed by atoms with Gasteiger partial charge in [-0.2, -0.15) is 0 Å². The quantitative estimate of drug-likeness (QED) is 0.379. The minimum Gasteiger partial charge on any atom is -0.479 e. The van der Waals surface area contributed by atoms with Crippen molar-refractivity contribution in [1.29, 1.82) is 0 Å². The summed E-state index contributed by atoms with van der Waals surface area (Å²) < 4.78 is 11.3. The van der Waals surface area contributed by atoms with Gasteiger partial charge >= 0.3 is 5.97 Å². The smallest absolute Gasteiger partial charge is 0.344 e. The Kier molecular flexibility index (Phi) is 7.07. The Morgan fingerprint density at radius 3 is 2.58 bits per heavy atom. The summed E-state index contributed by atoms with van der Waals surface area (Å²) in [6.07, 6.45) is -0.479. The van der Waals surface area contributed by atoms with Gasteiger partial charge in [-0.05, 0) is 68.7 Å². The zero-order valence-electron chi connectivity index (χ0n) is 18.1. The molecule has 0 saturated carbocycles. The second-order valence-electron chi connectivity index (χ2n) is 7.17. The summed E-state index contributed by atoms with van der Waals surface area (Å²) in [5, 5.41) is 13.4. The maximum atomic E-state index is 11.2. The SMILES string of the molecule is CCC(Oc1ccc(C(C)=NOCc2nc(-c3ccccc3)oc2C)cc1C)C(=O)O. The maximum absolute atomic E-state index is 11.2. The molecule has 0 saturated heterocycles. The van der Waals surface area contributed by atoms with Crippen LogP contribution in [0.2, 0.25) is 0 Å². The van der Waals surface area contributed by atoms with Crippen LogP contribution in [0.3, 0.4) is 0 Å². The molecular weight excluding hydrogens is 396 g/mol. The highest BCUT2D eigenvalue weighted by atomic mass is 16.6. The number of aromatic nitrogens is 1. The van der Waals surface area contributed by atoms with Gasteiger partial charge in [-0.1, -0.05) is 30.3 Å². The van der Waals surface area contributed by atoms with Crippen LogP contribution in [0.5, 0.6) is 5.75 Å². The molecule has 1 N–H and O–H groups in total. The van der Waals surface area contributed by atoms with E-state index in [4.69, 9.17) is 14.0 Å². The first-order chi connectivity index (χ1) is 14.9. The highest BCUT2D eigenvalue weighted by Crippen LogP contribution is 2.23. The van der Waals surface area contributed by atoms with Crippen LogP contribution in [0.25, 0.3) is 11.5 Å². The average Bonchev–Trinajstić information content (AvgIpc) is 3.13. The Morgan fingerprint density at radius 2 is 1.94 bits per heavy atom. The number of benzene rings is 2. The van der Waals surface area contributed by atoms with Crippen LogP contribution in [0.4, 0.5) is 0 Å². The van der Waals surface area contributed by atoms with Crippen molar-refractivity contribution in [3.63, 3.8) is 0 Å². The molecule has 1 atom stereocenters. The molecule has 3 rings (SSSR count). The summed E-state index contributed by atoms with van der Waals surface area (Å²) in [4.78, 5) is 21.2. The number of hydrogen-bond acceptors (Lipinski definition) is 6. The highest BCUT2D eigenvalue weighted by Gasteiger charge is 2.18. The number of oxime groups is 1. The molecule has 0 spiro atoms. The van der Waals surface area contributed by atoms with Gasteiger partial charge in [0.2, 0.25) is 5.89 Å². The van der Waals surface area contributed by atoms with E-state index in [1.807, 2.05) is 63.2 Å². The van der Waals surface area contributed by atoms with Gasteiger partial charge in [-0.3, -0.25) is 0 Å². The molecule has 0 amide bonds. The van der Waals surface area contributed by atoms with Gasteiger partial charge in [0.25, 0.3) is 0 Å². The van der Waals surface area contributed by atoms with Gasteiger partial charge in [-0.15, -0.1) is 0 Å². The van der Waals surface area contributed by atoms with Crippen LogP contribution in [-0.2, 0) is 16.2 Å². The second-order valence-corrected chi connectivity index (χ2v) is 7.17. The second kappa shape index (κ2) is 9.93. The molecule has 0 radical (unpaired) electrons. The fourth-order valence-corrected chi connectivity index (χ4v) is 2.98. The third kappa shape index (κ3) is 5.51. The first kappa shape index (κ1) is 22.1. The zero-order valence-corrected chi connectivity index (χ0v) is 18.1. The van der Waals surface area contributed by atoms with Crippen molar-refractivity contribution in [2.75, 3.05) is 0 Å². The Bertz CT molecular complexity index is 1070. The van der Waals surface area contributed by atoms with E-state index in [0.717, 1.165) is 16.7 Å². The maximum Gasteiger partial charge on any atom is 0.344 e. The van der Waals surface area contributed by atoms with Gasteiger partial charge < -0.3 is 19.1 Å². The Hall–Kier alpha value is -3.61. The van der Waals surface area contributed by atoms with E-state index in [1.54, 1.807) is 13.0 Å². The summed E-state index contributed by atoms with van der Waals surface area (Å²) in [7, 11) is 0. The number of aliphatic carboxylic acids is 1. The molecule has 1 aromatic heterocycles. The molecule has 7 heteroatoms. The summed E-state index contributed by atoms with van der Waals surface area (Å²) in [6.45, 7) is 7.52. The predicted octanol–water partition coefficient (Wildman–Crippen LogP) is 5.14. The Balaban J connectivity index is 1.65. The van der Waals surface area contributed by atoms with Crippen LogP contribution >= 0.6 is 0 Å². The number of rotatable bonds is 9. The van der Waals surface area contributed by atoms with Gasteiger partial charge in [0.15, 0.2) is 12.7 Å². The minimum absolute atomic E-state index is 0.191. The van der Waals surface area contributed by atoms with E-state index in [-0.39, 0.29) is 6.61 Å². The normalized spacial score (nSPS) is 12.5. The largest absolute Gasteiger partial charge is 0.479 e. The first-order valence-electron chi connectivity index (χ1n) is 10.1. The predicted molar refractivity (Wildman–Crippen MR) is 117 cm³/mol. The van der Waals surface area contributed by atoms with E-state index >= 15 is 0 Å². The molecule has 0 fully saturated rings. The van der Waals surface area contributed by atoms with Crippen molar-refractivity contribution < 1.29 is 23.9 Å². The summed E-state index contributed by atoms with van der Waals surface area (Å²) in [5.74, 6) is 0.803. The van der Waals surface area contributed by atoms with Crippen LogP contribution in [0.15, 0.2) is 58.1 Å². The van der Waals surface area contributed by atoms with Crippen molar-refractivity contribution in [2.45, 2.75) is 46.8 Å². The molecule has 0 aliphatic rings.